The van der Waals surface area contributed by atoms with Crippen LogP contribution in [0.2, 0.25) is 0 Å². The number of hydrogen-bond acceptors (Lipinski definition) is 7. The van der Waals surface area contributed by atoms with E-state index in [2.05, 4.69) is 15.0 Å². The molecule has 1 saturated carbocycles. The first-order valence-corrected chi connectivity index (χ1v) is 6.54. The SMILES string of the molecule is CN(C)c1nc(N)nc(N(C)CCOCC2CC2)n1. The van der Waals surface area contributed by atoms with Gasteiger partial charge in [0, 0.05) is 34.3 Å². The zero-order valence-corrected chi connectivity index (χ0v) is 11.8. The molecule has 0 spiro atoms. The Morgan fingerprint density at radius 1 is 1.16 bits per heavy atom. The Hall–Kier alpha value is -1.63. The number of ether oxygens (including phenoxy) is 1. The molecule has 0 bridgehead atoms. The zero-order chi connectivity index (χ0) is 13.8. The molecule has 0 saturated heterocycles. The van der Waals surface area contributed by atoms with E-state index in [0.29, 0.717) is 18.5 Å². The maximum absolute atomic E-state index is 5.69. The van der Waals surface area contributed by atoms with E-state index in [1.807, 2.05) is 26.0 Å². The molecule has 0 unspecified atom stereocenters. The number of hydrogen-bond donors (Lipinski definition) is 1. The summed E-state index contributed by atoms with van der Waals surface area (Å²) in [6, 6.07) is 0. The third-order valence-electron chi connectivity index (χ3n) is 2.99. The molecule has 2 N–H and O–H groups in total. The summed E-state index contributed by atoms with van der Waals surface area (Å²) in [6.45, 7) is 2.29. The van der Waals surface area contributed by atoms with E-state index >= 15 is 0 Å². The van der Waals surface area contributed by atoms with Crippen LogP contribution in [0.4, 0.5) is 17.8 Å². The van der Waals surface area contributed by atoms with Crippen LogP contribution in [-0.2, 0) is 4.74 Å². The Kier molecular flexibility index (Phi) is 4.36. The summed E-state index contributed by atoms with van der Waals surface area (Å²) in [4.78, 5) is 16.3. The molecule has 7 heteroatoms. The van der Waals surface area contributed by atoms with Gasteiger partial charge in [0.2, 0.25) is 17.8 Å². The average molecular weight is 266 g/mol. The van der Waals surface area contributed by atoms with Gasteiger partial charge < -0.3 is 20.3 Å². The summed E-state index contributed by atoms with van der Waals surface area (Å²) in [5.41, 5.74) is 5.69. The first kappa shape index (κ1) is 13.8. The number of anilines is 3. The monoisotopic (exact) mass is 266 g/mol. The van der Waals surface area contributed by atoms with Gasteiger partial charge in [0.25, 0.3) is 0 Å². The van der Waals surface area contributed by atoms with Crippen molar-refractivity contribution in [2.75, 3.05) is 56.4 Å². The Morgan fingerprint density at radius 2 is 1.84 bits per heavy atom. The van der Waals surface area contributed by atoms with Crippen LogP contribution in [0.1, 0.15) is 12.8 Å². The highest BCUT2D eigenvalue weighted by Gasteiger charge is 2.21. The zero-order valence-electron chi connectivity index (χ0n) is 11.8. The van der Waals surface area contributed by atoms with Crippen molar-refractivity contribution >= 4 is 17.8 Å². The van der Waals surface area contributed by atoms with Crippen molar-refractivity contribution in [3.05, 3.63) is 0 Å². The van der Waals surface area contributed by atoms with Crippen molar-refractivity contribution in [1.82, 2.24) is 15.0 Å². The third kappa shape index (κ3) is 4.20. The molecule has 1 fully saturated rings. The Morgan fingerprint density at radius 3 is 2.47 bits per heavy atom. The smallest absolute Gasteiger partial charge is 0.231 e. The van der Waals surface area contributed by atoms with E-state index in [4.69, 9.17) is 10.5 Å². The highest BCUT2D eigenvalue weighted by molar-refractivity contribution is 5.42. The molecule has 1 aliphatic carbocycles. The molecule has 106 valence electrons. The van der Waals surface area contributed by atoms with E-state index in [9.17, 15) is 0 Å². The second-order valence-corrected chi connectivity index (χ2v) is 5.13. The van der Waals surface area contributed by atoms with Gasteiger partial charge in [-0.2, -0.15) is 15.0 Å². The molecule has 1 aromatic rings. The summed E-state index contributed by atoms with van der Waals surface area (Å²) in [7, 11) is 5.67. The van der Waals surface area contributed by atoms with E-state index in [-0.39, 0.29) is 5.95 Å². The lowest BCUT2D eigenvalue weighted by Crippen LogP contribution is -2.26. The van der Waals surface area contributed by atoms with Gasteiger partial charge in [0.1, 0.15) is 0 Å². The maximum atomic E-state index is 5.69. The van der Waals surface area contributed by atoms with E-state index < -0.39 is 0 Å². The molecule has 0 aliphatic heterocycles. The highest BCUT2D eigenvalue weighted by atomic mass is 16.5. The fraction of sp³-hybridized carbons (Fsp3) is 0.750. The maximum Gasteiger partial charge on any atom is 0.231 e. The molecule has 19 heavy (non-hydrogen) atoms. The first-order chi connectivity index (χ1) is 9.06. The normalized spacial score (nSPS) is 14.5. The molecule has 1 aromatic heterocycles. The number of likely N-dealkylation sites (N-methyl/N-ethyl adjacent to an activating group) is 1. The van der Waals surface area contributed by atoms with Gasteiger partial charge in [-0.1, -0.05) is 0 Å². The number of nitrogens with zero attached hydrogens (tertiary/aromatic N) is 5. The highest BCUT2D eigenvalue weighted by Crippen LogP contribution is 2.28. The van der Waals surface area contributed by atoms with Gasteiger partial charge >= 0.3 is 0 Å². The topological polar surface area (TPSA) is 80.4 Å². The number of rotatable bonds is 7. The fourth-order valence-electron chi connectivity index (χ4n) is 1.58. The van der Waals surface area contributed by atoms with Crippen molar-refractivity contribution in [1.29, 1.82) is 0 Å². The minimum atomic E-state index is 0.236. The standard InChI is InChI=1S/C12H22N6O/c1-17(2)11-14-10(13)15-12(16-11)18(3)6-7-19-8-9-4-5-9/h9H,4-8H2,1-3H3,(H2,13,14,15,16). The van der Waals surface area contributed by atoms with Gasteiger partial charge in [0.05, 0.1) is 6.61 Å². The molecular formula is C12H22N6O. The summed E-state index contributed by atoms with van der Waals surface area (Å²) in [6.07, 6.45) is 2.62. The fourth-order valence-corrected chi connectivity index (χ4v) is 1.58. The predicted molar refractivity (Wildman–Crippen MR) is 75.4 cm³/mol. The number of nitrogen functional groups attached to an aromatic ring is 1. The summed E-state index contributed by atoms with van der Waals surface area (Å²) >= 11 is 0. The largest absolute Gasteiger partial charge is 0.379 e. The molecule has 7 nitrogen and oxygen atoms in total. The second kappa shape index (κ2) is 6.01. The van der Waals surface area contributed by atoms with Crippen LogP contribution < -0.4 is 15.5 Å². The minimum Gasteiger partial charge on any atom is -0.379 e. The third-order valence-corrected chi connectivity index (χ3v) is 2.99. The summed E-state index contributed by atoms with van der Waals surface area (Å²) in [5, 5.41) is 0. The second-order valence-electron chi connectivity index (χ2n) is 5.13. The van der Waals surface area contributed by atoms with Crippen LogP contribution in [0.15, 0.2) is 0 Å². The molecule has 1 heterocycles. The molecule has 0 aromatic carbocycles. The molecule has 0 atom stereocenters. The van der Waals surface area contributed by atoms with Crippen molar-refractivity contribution in [3.63, 3.8) is 0 Å². The molecule has 0 radical (unpaired) electrons. The van der Waals surface area contributed by atoms with E-state index in [1.54, 1.807) is 4.90 Å². The van der Waals surface area contributed by atoms with Crippen molar-refractivity contribution in [2.24, 2.45) is 5.92 Å². The Bertz CT molecular complexity index is 421. The minimum absolute atomic E-state index is 0.236. The van der Waals surface area contributed by atoms with E-state index in [1.165, 1.54) is 12.8 Å². The lowest BCUT2D eigenvalue weighted by atomic mass is 10.5. The van der Waals surface area contributed by atoms with Crippen LogP contribution in [-0.4, -0.2) is 55.9 Å². The lowest BCUT2D eigenvalue weighted by Gasteiger charge is -2.19. The van der Waals surface area contributed by atoms with Gasteiger partial charge in [-0.15, -0.1) is 0 Å². The molecule has 0 amide bonds. The molecule has 2 rings (SSSR count). The number of aromatic nitrogens is 3. The first-order valence-electron chi connectivity index (χ1n) is 6.54. The lowest BCUT2D eigenvalue weighted by molar-refractivity contribution is 0.130. The Balaban J connectivity index is 1.87. The summed E-state index contributed by atoms with van der Waals surface area (Å²) < 4.78 is 5.60. The van der Waals surface area contributed by atoms with Crippen LogP contribution in [0.3, 0.4) is 0 Å². The van der Waals surface area contributed by atoms with Crippen molar-refractivity contribution < 1.29 is 4.74 Å². The summed E-state index contributed by atoms with van der Waals surface area (Å²) in [5.74, 6) is 2.16. The van der Waals surface area contributed by atoms with Crippen molar-refractivity contribution in [2.45, 2.75) is 12.8 Å². The van der Waals surface area contributed by atoms with Crippen LogP contribution in [0.5, 0.6) is 0 Å². The van der Waals surface area contributed by atoms with Gasteiger partial charge in [-0.3, -0.25) is 0 Å². The Labute approximate surface area is 113 Å². The van der Waals surface area contributed by atoms with Crippen LogP contribution >= 0.6 is 0 Å². The number of nitrogens with two attached hydrogens (primary N) is 1. The van der Waals surface area contributed by atoms with E-state index in [0.717, 1.165) is 19.1 Å². The quantitative estimate of drug-likeness (QED) is 0.715. The van der Waals surface area contributed by atoms with Crippen LogP contribution in [0.25, 0.3) is 0 Å². The van der Waals surface area contributed by atoms with Gasteiger partial charge in [0.15, 0.2) is 0 Å². The average Bonchev–Trinajstić information content (AvgIpc) is 3.17. The van der Waals surface area contributed by atoms with Crippen LogP contribution in [0, 0.1) is 5.92 Å². The molecule has 1 aliphatic rings. The van der Waals surface area contributed by atoms with Crippen molar-refractivity contribution in [3.8, 4) is 0 Å². The van der Waals surface area contributed by atoms with Gasteiger partial charge in [-0.25, -0.2) is 0 Å². The predicted octanol–water partition coefficient (Wildman–Crippen LogP) is 0.383. The van der Waals surface area contributed by atoms with Gasteiger partial charge in [-0.05, 0) is 18.8 Å². The molecular weight excluding hydrogens is 244 g/mol.